The summed E-state index contributed by atoms with van der Waals surface area (Å²) < 4.78 is 4.69. The summed E-state index contributed by atoms with van der Waals surface area (Å²) in [5.74, 6) is -0.845. The molecule has 0 bridgehead atoms. The quantitative estimate of drug-likeness (QED) is 0.680. The number of carbonyl (C=O) groups excluding carboxylic acids is 2. The zero-order valence-corrected chi connectivity index (χ0v) is 15.8. The van der Waals surface area contributed by atoms with Crippen LogP contribution in [0.3, 0.4) is 0 Å². The van der Waals surface area contributed by atoms with Gasteiger partial charge in [0.2, 0.25) is 0 Å². The van der Waals surface area contributed by atoms with Crippen LogP contribution in [0.2, 0.25) is 0 Å². The minimum Gasteiger partial charge on any atom is -0.465 e. The third-order valence-corrected chi connectivity index (χ3v) is 4.58. The second-order valence-electron chi connectivity index (χ2n) is 5.03. The molecule has 0 unspecified atom stereocenters. The number of rotatable bonds is 3. The van der Waals surface area contributed by atoms with Crippen LogP contribution < -0.4 is 11.1 Å². The molecule has 0 fully saturated rings. The summed E-state index contributed by atoms with van der Waals surface area (Å²) >= 11 is 1.17. The highest BCUT2D eigenvalue weighted by molar-refractivity contribution is 7.21. The summed E-state index contributed by atoms with van der Waals surface area (Å²) in [6, 6.07) is 4.94. The second-order valence-corrected chi connectivity index (χ2v) is 6.03. The number of thiophene rings is 1. The molecule has 0 aliphatic heterocycles. The number of aromatic nitrogens is 2. The van der Waals surface area contributed by atoms with E-state index in [1.54, 1.807) is 24.4 Å². The number of carbonyl (C=O) groups is 2. The van der Waals surface area contributed by atoms with Crippen LogP contribution in [0, 0.1) is 6.92 Å². The zero-order valence-electron chi connectivity index (χ0n) is 15.0. The Bertz CT molecular complexity index is 953. The number of ether oxygens (including phenoxy) is 1. The first kappa shape index (κ1) is 19.3. The third kappa shape index (κ3) is 3.80. The van der Waals surface area contributed by atoms with Gasteiger partial charge in [0.25, 0.3) is 5.91 Å². The Balaban J connectivity index is 0.00000117. The van der Waals surface area contributed by atoms with Crippen LogP contribution in [0.5, 0.6) is 0 Å². The molecule has 8 heteroatoms. The molecule has 3 N–H and O–H groups in total. The molecule has 1 amide bonds. The van der Waals surface area contributed by atoms with Crippen molar-refractivity contribution in [1.29, 1.82) is 0 Å². The maximum Gasteiger partial charge on any atom is 0.337 e. The number of aryl methyl sites for hydroxylation is 1. The van der Waals surface area contributed by atoms with Crippen LogP contribution >= 0.6 is 11.3 Å². The number of anilines is 2. The minimum absolute atomic E-state index is 0.294. The van der Waals surface area contributed by atoms with Crippen LogP contribution in [0.15, 0.2) is 30.6 Å². The molecule has 3 rings (SSSR count). The van der Waals surface area contributed by atoms with Crippen molar-refractivity contribution in [2.45, 2.75) is 20.8 Å². The van der Waals surface area contributed by atoms with Crippen molar-refractivity contribution in [3.63, 3.8) is 0 Å². The van der Waals surface area contributed by atoms with E-state index >= 15 is 0 Å². The van der Waals surface area contributed by atoms with Gasteiger partial charge in [0, 0.05) is 18.1 Å². The number of methoxy groups -OCH3 is 1. The fourth-order valence-corrected chi connectivity index (χ4v) is 3.11. The maximum absolute atomic E-state index is 12.6. The van der Waals surface area contributed by atoms with Crippen LogP contribution in [-0.2, 0) is 4.74 Å². The molecule has 0 aliphatic carbocycles. The minimum atomic E-state index is -0.472. The van der Waals surface area contributed by atoms with Gasteiger partial charge < -0.3 is 15.8 Å². The Labute approximate surface area is 155 Å². The summed E-state index contributed by atoms with van der Waals surface area (Å²) in [6.07, 6.45) is 3.07. The van der Waals surface area contributed by atoms with E-state index in [-0.39, 0.29) is 5.91 Å². The Morgan fingerprint density at radius 3 is 2.54 bits per heavy atom. The van der Waals surface area contributed by atoms with E-state index in [9.17, 15) is 9.59 Å². The van der Waals surface area contributed by atoms with E-state index < -0.39 is 5.97 Å². The average Bonchev–Trinajstić information content (AvgIpc) is 3.01. The van der Waals surface area contributed by atoms with Gasteiger partial charge in [0.05, 0.1) is 18.4 Å². The van der Waals surface area contributed by atoms with Crippen molar-refractivity contribution in [2.75, 3.05) is 18.2 Å². The van der Waals surface area contributed by atoms with Crippen LogP contribution in [-0.4, -0.2) is 29.0 Å². The van der Waals surface area contributed by atoms with Crippen LogP contribution in [0.4, 0.5) is 11.4 Å². The Morgan fingerprint density at radius 1 is 1.19 bits per heavy atom. The normalized spacial score (nSPS) is 10.0. The number of nitrogens with zero attached hydrogens (tertiary/aromatic N) is 2. The van der Waals surface area contributed by atoms with E-state index in [0.717, 1.165) is 5.56 Å². The van der Waals surface area contributed by atoms with Gasteiger partial charge in [0.1, 0.15) is 15.2 Å². The predicted octanol–water partition coefficient (Wildman–Crippen LogP) is 3.65. The molecule has 2 aromatic heterocycles. The number of nitrogens with two attached hydrogens (primary N) is 1. The number of benzene rings is 1. The monoisotopic (exact) mass is 372 g/mol. The molecular weight excluding hydrogens is 352 g/mol. The van der Waals surface area contributed by atoms with Crippen molar-refractivity contribution in [3.8, 4) is 0 Å². The van der Waals surface area contributed by atoms with Gasteiger partial charge in [-0.05, 0) is 24.6 Å². The summed E-state index contributed by atoms with van der Waals surface area (Å²) in [4.78, 5) is 33.4. The fourth-order valence-electron chi connectivity index (χ4n) is 2.19. The summed E-state index contributed by atoms with van der Waals surface area (Å²) in [5, 5.41) is 2.78. The molecule has 26 heavy (non-hydrogen) atoms. The lowest BCUT2D eigenvalue weighted by atomic mass is 10.1. The van der Waals surface area contributed by atoms with Gasteiger partial charge in [-0.2, -0.15) is 0 Å². The third-order valence-electron chi connectivity index (χ3n) is 3.48. The topological polar surface area (TPSA) is 107 Å². The van der Waals surface area contributed by atoms with Gasteiger partial charge in [-0.1, -0.05) is 19.9 Å². The number of hydrogen-bond donors (Lipinski definition) is 2. The van der Waals surface area contributed by atoms with E-state index in [1.807, 2.05) is 20.8 Å². The molecule has 0 spiro atoms. The smallest absolute Gasteiger partial charge is 0.337 e. The molecule has 0 radical (unpaired) electrons. The first-order valence-corrected chi connectivity index (χ1v) is 8.82. The predicted molar refractivity (Wildman–Crippen MR) is 104 cm³/mol. The molecule has 136 valence electrons. The molecule has 1 aromatic carbocycles. The number of nitrogen functional groups attached to an aromatic ring is 1. The van der Waals surface area contributed by atoms with Gasteiger partial charge >= 0.3 is 5.97 Å². The lowest BCUT2D eigenvalue weighted by Crippen LogP contribution is -2.13. The molecular formula is C18H20N4O3S. The summed E-state index contributed by atoms with van der Waals surface area (Å²) in [7, 11) is 1.30. The fraction of sp³-hybridized carbons (Fsp3) is 0.222. The highest BCUT2D eigenvalue weighted by Gasteiger charge is 2.19. The first-order valence-electron chi connectivity index (χ1n) is 8.00. The SMILES string of the molecule is CC.COC(=O)c1ccc(C)c(NC(=O)c2sc3nccnc3c2N)c1. The largest absolute Gasteiger partial charge is 0.465 e. The first-order chi connectivity index (χ1) is 12.5. The lowest BCUT2D eigenvalue weighted by molar-refractivity contribution is 0.0600. The maximum atomic E-state index is 12.6. The van der Waals surface area contributed by atoms with Gasteiger partial charge in [-0.25, -0.2) is 14.8 Å². The van der Waals surface area contributed by atoms with E-state index in [4.69, 9.17) is 10.5 Å². The molecule has 0 saturated heterocycles. The second kappa shape index (κ2) is 8.39. The number of esters is 1. The Morgan fingerprint density at radius 2 is 1.88 bits per heavy atom. The Kier molecular flexibility index (Phi) is 6.24. The number of amides is 1. The molecule has 3 aromatic rings. The molecule has 0 atom stereocenters. The molecule has 2 heterocycles. The van der Waals surface area contributed by atoms with Crippen molar-refractivity contribution < 1.29 is 14.3 Å². The summed E-state index contributed by atoms with van der Waals surface area (Å²) in [6.45, 7) is 5.83. The summed E-state index contributed by atoms with van der Waals surface area (Å²) in [5.41, 5.74) is 8.48. The van der Waals surface area contributed by atoms with Crippen molar-refractivity contribution in [2.24, 2.45) is 0 Å². The zero-order chi connectivity index (χ0) is 19.3. The number of nitrogens with one attached hydrogen (secondary N) is 1. The highest BCUT2D eigenvalue weighted by atomic mass is 32.1. The highest BCUT2D eigenvalue weighted by Crippen LogP contribution is 2.31. The van der Waals surface area contributed by atoms with Crippen LogP contribution in [0.1, 0.15) is 39.4 Å². The van der Waals surface area contributed by atoms with E-state index in [2.05, 4.69) is 15.3 Å². The molecule has 7 nitrogen and oxygen atoms in total. The standard InChI is InChI=1S/C16H14N4O3S.C2H6/c1-8-3-4-9(16(22)23-2)7-10(8)20-14(21)13-11(17)12-15(24-13)19-6-5-18-12;1-2/h3-7H,17H2,1-2H3,(H,20,21);1-2H3. The number of hydrogen-bond acceptors (Lipinski definition) is 7. The molecule has 0 aliphatic rings. The van der Waals surface area contributed by atoms with E-state index in [1.165, 1.54) is 24.6 Å². The lowest BCUT2D eigenvalue weighted by Gasteiger charge is -2.09. The number of fused-ring (bicyclic) bond motifs is 1. The van der Waals surface area contributed by atoms with Crippen molar-refractivity contribution in [3.05, 3.63) is 46.6 Å². The van der Waals surface area contributed by atoms with Gasteiger partial charge in [-0.15, -0.1) is 11.3 Å². The van der Waals surface area contributed by atoms with Crippen molar-refractivity contribution in [1.82, 2.24) is 9.97 Å². The van der Waals surface area contributed by atoms with Gasteiger partial charge in [0.15, 0.2) is 0 Å². The van der Waals surface area contributed by atoms with Gasteiger partial charge in [-0.3, -0.25) is 4.79 Å². The molecule has 0 saturated carbocycles. The average molecular weight is 372 g/mol. The van der Waals surface area contributed by atoms with Crippen molar-refractivity contribution >= 4 is 44.9 Å². The van der Waals surface area contributed by atoms with Crippen LogP contribution in [0.25, 0.3) is 10.3 Å². The Hall–Kier alpha value is -3.00. The van der Waals surface area contributed by atoms with E-state index in [0.29, 0.717) is 32.2 Å².